The minimum atomic E-state index is -1.50. The predicted molar refractivity (Wildman–Crippen MR) is 95.3 cm³/mol. The molecule has 1 N–H and O–H groups in total. The van der Waals surface area contributed by atoms with E-state index in [4.69, 9.17) is 4.42 Å². The van der Waals surface area contributed by atoms with Gasteiger partial charge in [0.05, 0.1) is 11.5 Å². The van der Waals surface area contributed by atoms with Crippen LogP contribution in [0.3, 0.4) is 0 Å². The highest BCUT2D eigenvalue weighted by Crippen LogP contribution is 2.41. The largest absolute Gasteiger partial charge is 0.872 e. The van der Waals surface area contributed by atoms with E-state index < -0.39 is 11.9 Å². The van der Waals surface area contributed by atoms with Gasteiger partial charge in [-0.05, 0) is 35.4 Å². The summed E-state index contributed by atoms with van der Waals surface area (Å²) in [4.78, 5) is 34.7. The van der Waals surface area contributed by atoms with Crippen LogP contribution in [0.4, 0.5) is 0 Å². The first-order chi connectivity index (χ1) is 13.3. The average Bonchev–Trinajstić information content (AvgIpc) is 2.65. The monoisotopic (exact) mass is 374 g/mol. The molecule has 0 bridgehead atoms. The lowest BCUT2D eigenvalue weighted by molar-refractivity contribution is -0.268. The Morgan fingerprint density at radius 2 is 1.68 bits per heavy atom. The lowest BCUT2D eigenvalue weighted by Crippen LogP contribution is -2.22. The number of hydrogen-bond acceptors (Lipinski definition) is 6. The number of rotatable bonds is 3. The first-order valence-electron chi connectivity index (χ1n) is 8.12. The fourth-order valence-electron chi connectivity index (χ4n) is 3.21. The molecular formula is C21H10O7-2. The molecule has 0 fully saturated rings. The highest BCUT2D eigenvalue weighted by Gasteiger charge is 2.21. The van der Waals surface area contributed by atoms with Crippen LogP contribution in [0.15, 0.2) is 63.8 Å². The third kappa shape index (κ3) is 2.75. The van der Waals surface area contributed by atoms with Gasteiger partial charge in [0.1, 0.15) is 11.3 Å². The number of aromatic carboxylic acids is 2. The number of carbonyl (C=O) groups excluding carboxylic acids is 1. The molecule has 0 amide bonds. The molecule has 1 aliphatic carbocycles. The molecule has 7 nitrogen and oxygen atoms in total. The first-order valence-corrected chi connectivity index (χ1v) is 8.12. The van der Waals surface area contributed by atoms with E-state index in [1.807, 2.05) is 0 Å². The molecule has 4 rings (SSSR count). The van der Waals surface area contributed by atoms with Crippen molar-refractivity contribution in [3.8, 4) is 28.2 Å². The van der Waals surface area contributed by atoms with Crippen molar-refractivity contribution in [3.05, 3.63) is 75.9 Å². The number of fused-ring (bicyclic) bond motifs is 2. The Hall–Kier alpha value is -4.13. The summed E-state index contributed by atoms with van der Waals surface area (Å²) in [5.74, 6) is -2.97. The maximum atomic E-state index is 11.8. The van der Waals surface area contributed by atoms with Crippen molar-refractivity contribution in [1.29, 1.82) is 0 Å². The first kappa shape index (κ1) is 17.3. The van der Waals surface area contributed by atoms with Crippen molar-refractivity contribution >= 4 is 22.9 Å². The summed E-state index contributed by atoms with van der Waals surface area (Å²) in [6.45, 7) is 0. The Morgan fingerprint density at radius 1 is 0.929 bits per heavy atom. The number of carboxylic acids is 2. The van der Waals surface area contributed by atoms with Crippen LogP contribution in [0.25, 0.3) is 33.4 Å². The maximum Gasteiger partial charge on any atom is 0.336 e. The summed E-state index contributed by atoms with van der Waals surface area (Å²) in [5.41, 5.74) is 0.423. The van der Waals surface area contributed by atoms with Crippen LogP contribution in [-0.2, 0) is 0 Å². The van der Waals surface area contributed by atoms with E-state index in [-0.39, 0.29) is 39.2 Å². The van der Waals surface area contributed by atoms with Gasteiger partial charge in [-0.1, -0.05) is 24.3 Å². The van der Waals surface area contributed by atoms with E-state index in [1.54, 1.807) is 0 Å². The zero-order valence-electron chi connectivity index (χ0n) is 14.1. The van der Waals surface area contributed by atoms with Gasteiger partial charge in [-0.25, -0.2) is 4.79 Å². The molecule has 138 valence electrons. The topological polar surface area (TPSA) is 131 Å². The van der Waals surface area contributed by atoms with Gasteiger partial charge in [0.25, 0.3) is 0 Å². The van der Waals surface area contributed by atoms with Crippen LogP contribution >= 0.6 is 0 Å². The maximum absolute atomic E-state index is 11.8. The van der Waals surface area contributed by atoms with Crippen molar-refractivity contribution in [2.24, 2.45) is 0 Å². The Kier molecular flexibility index (Phi) is 3.85. The Labute approximate surface area is 157 Å². The summed E-state index contributed by atoms with van der Waals surface area (Å²) in [6.07, 6.45) is 0. The van der Waals surface area contributed by atoms with Crippen LogP contribution in [0, 0.1) is 0 Å². The molecule has 0 atom stereocenters. The normalized spacial score (nSPS) is 11.0. The lowest BCUT2D eigenvalue weighted by atomic mass is 9.90. The van der Waals surface area contributed by atoms with E-state index in [9.17, 15) is 29.7 Å². The van der Waals surface area contributed by atoms with Crippen molar-refractivity contribution < 1.29 is 29.3 Å². The van der Waals surface area contributed by atoms with E-state index in [2.05, 4.69) is 0 Å². The van der Waals surface area contributed by atoms with Crippen molar-refractivity contribution in [2.45, 2.75) is 0 Å². The third-order valence-corrected chi connectivity index (χ3v) is 4.42. The Morgan fingerprint density at radius 3 is 2.39 bits per heavy atom. The summed E-state index contributed by atoms with van der Waals surface area (Å²) in [6, 6.07) is 11.7. The van der Waals surface area contributed by atoms with Gasteiger partial charge in [-0.3, -0.25) is 4.79 Å². The van der Waals surface area contributed by atoms with Crippen LogP contribution in [0.2, 0.25) is 0 Å². The molecule has 0 spiro atoms. The summed E-state index contributed by atoms with van der Waals surface area (Å²) < 4.78 is 5.68. The number of carboxylic acid groups (broad SMARTS) is 2. The van der Waals surface area contributed by atoms with Gasteiger partial charge in [0, 0.05) is 22.6 Å². The zero-order valence-corrected chi connectivity index (χ0v) is 14.1. The number of benzene rings is 3. The molecule has 2 aromatic carbocycles. The molecule has 1 aliphatic heterocycles. The Balaban J connectivity index is 2.17. The molecule has 0 radical (unpaired) electrons. The average molecular weight is 374 g/mol. The second kappa shape index (κ2) is 6.24. The van der Waals surface area contributed by atoms with Crippen molar-refractivity contribution in [3.63, 3.8) is 0 Å². The molecule has 2 aliphatic rings. The highest BCUT2D eigenvalue weighted by atomic mass is 16.4. The molecule has 2 aromatic rings. The molecule has 1 heterocycles. The molecule has 0 saturated heterocycles. The smallest absolute Gasteiger partial charge is 0.336 e. The summed E-state index contributed by atoms with van der Waals surface area (Å²) in [5, 5.41) is 33.0. The second-order valence-corrected chi connectivity index (χ2v) is 6.15. The number of carbonyl (C=O) groups is 2. The molecule has 28 heavy (non-hydrogen) atoms. The van der Waals surface area contributed by atoms with Gasteiger partial charge in [0.15, 0.2) is 5.43 Å². The quantitative estimate of drug-likeness (QED) is 0.540. The highest BCUT2D eigenvalue weighted by molar-refractivity contribution is 6.08. The summed E-state index contributed by atoms with van der Waals surface area (Å²) in [7, 11) is 0. The standard InChI is InChI=1S/C21H12O7/c22-11-2-5-14-17(8-11)28-18-9-12(23)3-6-15(18)19(14)13-4-1-10(20(24)25)7-16(13)21(26)27/h1-9,22H,(H,24,25)(H,26,27)/p-2. The third-order valence-electron chi connectivity index (χ3n) is 4.42. The van der Waals surface area contributed by atoms with E-state index in [0.29, 0.717) is 16.5 Å². The fraction of sp³-hybridized carbons (Fsp3) is 0. The van der Waals surface area contributed by atoms with E-state index in [0.717, 1.165) is 6.07 Å². The minimum absolute atomic E-state index is 0.181. The number of hydrogen-bond donors (Lipinski definition) is 1. The van der Waals surface area contributed by atoms with Crippen LogP contribution in [0.5, 0.6) is 5.75 Å². The summed E-state index contributed by atoms with van der Waals surface area (Å²) >= 11 is 0. The van der Waals surface area contributed by atoms with Crippen LogP contribution in [0.1, 0.15) is 20.7 Å². The van der Waals surface area contributed by atoms with Crippen LogP contribution < -0.4 is 15.6 Å². The van der Waals surface area contributed by atoms with Gasteiger partial charge in [-0.2, -0.15) is 0 Å². The van der Waals surface area contributed by atoms with Gasteiger partial charge >= 0.3 is 5.97 Å². The molecule has 0 aromatic heterocycles. The molecule has 0 saturated carbocycles. The van der Waals surface area contributed by atoms with Gasteiger partial charge in [0.2, 0.25) is 0 Å². The lowest BCUT2D eigenvalue weighted by Gasteiger charge is -2.18. The van der Waals surface area contributed by atoms with Gasteiger partial charge < -0.3 is 24.5 Å². The predicted octanol–water partition coefficient (Wildman–Crippen LogP) is 1.70. The fourth-order valence-corrected chi connectivity index (χ4v) is 3.21. The second-order valence-electron chi connectivity index (χ2n) is 6.15. The van der Waals surface area contributed by atoms with E-state index >= 15 is 0 Å². The molecule has 0 unspecified atom stereocenters. The minimum Gasteiger partial charge on any atom is -0.872 e. The SMILES string of the molecule is O=C([O-])c1ccc(-c2c3ccc(=O)cc-3oc3cc([O-])ccc23)c(C(=O)O)c1. The molecule has 7 heteroatoms. The van der Waals surface area contributed by atoms with Crippen LogP contribution in [-0.4, -0.2) is 17.0 Å². The Bertz CT molecular complexity index is 1300. The van der Waals surface area contributed by atoms with Crippen molar-refractivity contribution in [2.75, 3.05) is 0 Å². The van der Waals surface area contributed by atoms with E-state index in [1.165, 1.54) is 48.5 Å². The van der Waals surface area contributed by atoms with Gasteiger partial charge in [-0.15, -0.1) is 5.75 Å². The molecular weight excluding hydrogens is 364 g/mol. The van der Waals surface area contributed by atoms with Crippen molar-refractivity contribution in [1.82, 2.24) is 0 Å². The zero-order chi connectivity index (χ0) is 20.0.